The molecule has 2 aromatic rings. The number of hydrogen-bond donors (Lipinski definition) is 1. The maximum atomic E-state index is 13.6. The first-order valence-electron chi connectivity index (χ1n) is 10.6. The van der Waals surface area contributed by atoms with Gasteiger partial charge in [0.05, 0.1) is 5.41 Å². The van der Waals surface area contributed by atoms with Gasteiger partial charge in [0.1, 0.15) is 0 Å². The summed E-state index contributed by atoms with van der Waals surface area (Å²) in [4.78, 5) is 16.1. The number of amides is 1. The van der Waals surface area contributed by atoms with Crippen LogP contribution in [-0.4, -0.2) is 48.6 Å². The smallest absolute Gasteiger partial charge is 0.235 e. The Bertz CT molecular complexity index is 875. The first kappa shape index (κ1) is 21.9. The Hall–Kier alpha value is -1.34. The fourth-order valence-electron chi connectivity index (χ4n) is 4.37. The molecule has 2 aliphatic heterocycles. The molecule has 160 valence electrons. The molecule has 30 heavy (non-hydrogen) atoms. The lowest BCUT2D eigenvalue weighted by molar-refractivity contribution is -0.125. The summed E-state index contributed by atoms with van der Waals surface area (Å²) in [5, 5.41) is 3.28. The van der Waals surface area contributed by atoms with Crippen LogP contribution in [0, 0.1) is 6.92 Å². The molecule has 4 nitrogen and oxygen atoms in total. The van der Waals surface area contributed by atoms with Crippen LogP contribution >= 0.6 is 27.7 Å². The van der Waals surface area contributed by atoms with Crippen LogP contribution < -0.4 is 5.32 Å². The zero-order valence-electron chi connectivity index (χ0n) is 17.5. The second-order valence-electron chi connectivity index (χ2n) is 8.13. The average molecular weight is 489 g/mol. The predicted octanol–water partition coefficient (Wildman–Crippen LogP) is 4.99. The molecule has 0 spiro atoms. The molecule has 2 fully saturated rings. The minimum absolute atomic E-state index is 0.0720. The van der Waals surface area contributed by atoms with Crippen molar-refractivity contribution in [3.05, 3.63) is 63.6 Å². The molecule has 4 rings (SSSR count). The first-order valence-corrected chi connectivity index (χ1v) is 12.6. The number of ether oxygens (including phenoxy) is 1. The highest BCUT2D eigenvalue weighted by atomic mass is 79.9. The van der Waals surface area contributed by atoms with Crippen molar-refractivity contribution in [3.8, 4) is 0 Å². The number of benzene rings is 2. The van der Waals surface area contributed by atoms with Crippen LogP contribution in [0.2, 0.25) is 0 Å². The van der Waals surface area contributed by atoms with Gasteiger partial charge in [0.25, 0.3) is 0 Å². The summed E-state index contributed by atoms with van der Waals surface area (Å²) < 4.78 is 6.62. The maximum absolute atomic E-state index is 13.6. The zero-order chi connectivity index (χ0) is 21.0. The van der Waals surface area contributed by atoms with E-state index in [0.29, 0.717) is 26.1 Å². The summed E-state index contributed by atoms with van der Waals surface area (Å²) in [6, 6.07) is 14.4. The van der Waals surface area contributed by atoms with Crippen molar-refractivity contribution in [2.24, 2.45) is 0 Å². The summed E-state index contributed by atoms with van der Waals surface area (Å²) in [7, 11) is 0. The van der Waals surface area contributed by atoms with Crippen LogP contribution in [0.15, 0.2) is 46.9 Å². The first-order chi connectivity index (χ1) is 14.6. The van der Waals surface area contributed by atoms with Gasteiger partial charge in [-0.3, -0.25) is 9.69 Å². The van der Waals surface area contributed by atoms with Gasteiger partial charge in [-0.25, -0.2) is 0 Å². The molecule has 0 bridgehead atoms. The predicted molar refractivity (Wildman–Crippen MR) is 128 cm³/mol. The molecule has 2 aliphatic rings. The van der Waals surface area contributed by atoms with E-state index in [1.54, 1.807) is 0 Å². The van der Waals surface area contributed by atoms with Gasteiger partial charge in [-0.05, 0) is 54.7 Å². The largest absolute Gasteiger partial charge is 0.381 e. The van der Waals surface area contributed by atoms with Gasteiger partial charge in [0.15, 0.2) is 0 Å². The molecule has 0 unspecified atom stereocenters. The molecule has 1 amide bonds. The Kier molecular flexibility index (Phi) is 7.19. The molecule has 6 heteroatoms. The van der Waals surface area contributed by atoms with Crippen molar-refractivity contribution in [2.45, 2.75) is 31.7 Å². The lowest BCUT2D eigenvalue weighted by Crippen LogP contribution is -2.45. The lowest BCUT2D eigenvalue weighted by Gasteiger charge is -2.36. The monoisotopic (exact) mass is 488 g/mol. The van der Waals surface area contributed by atoms with Crippen molar-refractivity contribution in [1.82, 2.24) is 4.90 Å². The lowest BCUT2D eigenvalue weighted by atomic mass is 9.73. The maximum Gasteiger partial charge on any atom is 0.235 e. The second kappa shape index (κ2) is 9.86. The van der Waals surface area contributed by atoms with E-state index in [-0.39, 0.29) is 5.91 Å². The van der Waals surface area contributed by atoms with Crippen LogP contribution in [0.4, 0.5) is 5.69 Å². The summed E-state index contributed by atoms with van der Waals surface area (Å²) in [6.45, 7) is 6.55. The van der Waals surface area contributed by atoms with Crippen LogP contribution in [0.5, 0.6) is 0 Å². The third-order valence-corrected chi connectivity index (χ3v) is 7.84. The Labute approximate surface area is 191 Å². The molecule has 0 aromatic heterocycles. The third-order valence-electron chi connectivity index (χ3n) is 6.37. The van der Waals surface area contributed by atoms with Gasteiger partial charge in [0.2, 0.25) is 5.91 Å². The van der Waals surface area contributed by atoms with Gasteiger partial charge in [-0.2, -0.15) is 11.8 Å². The van der Waals surface area contributed by atoms with Crippen molar-refractivity contribution >= 4 is 39.3 Å². The Morgan fingerprint density at radius 1 is 1.13 bits per heavy atom. The molecule has 0 radical (unpaired) electrons. The molecule has 0 atom stereocenters. The van der Waals surface area contributed by atoms with E-state index in [1.165, 1.54) is 22.6 Å². The SMILES string of the molecule is Cc1c(CN2CCSCC2)cccc1NC(=O)C1(c2ccc(Br)cc2)CCOCC1. The van der Waals surface area contributed by atoms with Crippen LogP contribution in [0.25, 0.3) is 0 Å². The number of nitrogens with one attached hydrogen (secondary N) is 1. The van der Waals surface area contributed by atoms with Gasteiger partial charge in [-0.1, -0.05) is 40.2 Å². The van der Waals surface area contributed by atoms with E-state index < -0.39 is 5.41 Å². The highest BCUT2D eigenvalue weighted by Crippen LogP contribution is 2.37. The van der Waals surface area contributed by atoms with Crippen molar-refractivity contribution < 1.29 is 9.53 Å². The number of carbonyl (C=O) groups is 1. The van der Waals surface area contributed by atoms with E-state index in [9.17, 15) is 4.79 Å². The topological polar surface area (TPSA) is 41.6 Å². The number of anilines is 1. The molecule has 2 aromatic carbocycles. The number of carbonyl (C=O) groups excluding carboxylic acids is 1. The summed E-state index contributed by atoms with van der Waals surface area (Å²) in [5.41, 5.74) is 3.90. The number of thioether (sulfide) groups is 1. The molecular weight excluding hydrogens is 460 g/mol. The van der Waals surface area contributed by atoms with Crippen LogP contribution in [0.3, 0.4) is 0 Å². The summed E-state index contributed by atoms with van der Waals surface area (Å²) in [6.07, 6.45) is 1.40. The van der Waals surface area contributed by atoms with E-state index >= 15 is 0 Å². The summed E-state index contributed by atoms with van der Waals surface area (Å²) in [5.74, 6) is 2.48. The Morgan fingerprint density at radius 3 is 2.53 bits per heavy atom. The number of nitrogens with zero attached hydrogens (tertiary/aromatic N) is 1. The third kappa shape index (κ3) is 4.77. The molecular formula is C24H29BrN2O2S. The summed E-state index contributed by atoms with van der Waals surface area (Å²) >= 11 is 5.53. The standard InChI is InChI=1S/C24H29BrN2O2S/c1-18-19(17-27-11-15-30-16-12-27)3-2-4-22(18)26-23(28)24(9-13-29-14-10-24)20-5-7-21(25)8-6-20/h2-8H,9-17H2,1H3,(H,26,28). The molecule has 2 saturated heterocycles. The number of hydrogen-bond acceptors (Lipinski definition) is 4. The average Bonchev–Trinajstić information content (AvgIpc) is 2.78. The molecule has 0 saturated carbocycles. The van der Waals surface area contributed by atoms with Gasteiger partial charge >= 0.3 is 0 Å². The minimum Gasteiger partial charge on any atom is -0.381 e. The van der Waals surface area contributed by atoms with E-state index in [4.69, 9.17) is 4.74 Å². The molecule has 0 aliphatic carbocycles. The number of halogens is 1. The minimum atomic E-state index is -0.550. The van der Waals surface area contributed by atoms with Crippen LogP contribution in [0.1, 0.15) is 29.5 Å². The Balaban J connectivity index is 1.56. The van der Waals surface area contributed by atoms with Crippen molar-refractivity contribution in [3.63, 3.8) is 0 Å². The van der Waals surface area contributed by atoms with Crippen molar-refractivity contribution in [1.29, 1.82) is 0 Å². The van der Waals surface area contributed by atoms with Crippen molar-refractivity contribution in [2.75, 3.05) is 43.1 Å². The van der Waals surface area contributed by atoms with Gasteiger partial charge < -0.3 is 10.1 Å². The Morgan fingerprint density at radius 2 is 1.83 bits per heavy atom. The highest BCUT2D eigenvalue weighted by molar-refractivity contribution is 9.10. The highest BCUT2D eigenvalue weighted by Gasteiger charge is 2.41. The quantitative estimate of drug-likeness (QED) is 0.643. The van der Waals surface area contributed by atoms with E-state index in [2.05, 4.69) is 57.3 Å². The number of rotatable bonds is 5. The van der Waals surface area contributed by atoms with E-state index in [1.807, 2.05) is 30.0 Å². The normalized spacial score (nSPS) is 19.4. The fourth-order valence-corrected chi connectivity index (χ4v) is 5.61. The van der Waals surface area contributed by atoms with Gasteiger partial charge in [0, 0.05) is 54.5 Å². The zero-order valence-corrected chi connectivity index (χ0v) is 19.9. The van der Waals surface area contributed by atoms with Gasteiger partial charge in [-0.15, -0.1) is 0 Å². The fraction of sp³-hybridized carbons (Fsp3) is 0.458. The van der Waals surface area contributed by atoms with E-state index in [0.717, 1.165) is 35.4 Å². The molecule has 1 N–H and O–H groups in total. The van der Waals surface area contributed by atoms with Crippen LogP contribution in [-0.2, 0) is 21.5 Å². The second-order valence-corrected chi connectivity index (χ2v) is 10.3. The molecule has 2 heterocycles.